The van der Waals surface area contributed by atoms with Gasteiger partial charge < -0.3 is 10.6 Å². The lowest BCUT2D eigenvalue weighted by atomic mass is 9.72. The molecular formula is C19H22N2OS. The van der Waals surface area contributed by atoms with Crippen molar-refractivity contribution in [3.8, 4) is 0 Å². The molecule has 0 heterocycles. The van der Waals surface area contributed by atoms with Crippen molar-refractivity contribution in [1.29, 1.82) is 0 Å². The Morgan fingerprint density at radius 2 is 1.78 bits per heavy atom. The molecule has 0 saturated heterocycles. The number of carbonyl (C=O) groups excluding carboxylic acids is 1. The zero-order chi connectivity index (χ0) is 16.1. The van der Waals surface area contributed by atoms with Crippen LogP contribution in [0.3, 0.4) is 0 Å². The smallest absolute Gasteiger partial charge is 0.315 e. The molecule has 1 aliphatic rings. The van der Waals surface area contributed by atoms with Crippen molar-refractivity contribution in [3.05, 3.63) is 65.7 Å². The molecule has 1 aliphatic carbocycles. The fraction of sp³-hybridized carbons (Fsp3) is 0.316. The van der Waals surface area contributed by atoms with Crippen LogP contribution in [0, 0.1) is 0 Å². The molecule has 0 aromatic heterocycles. The zero-order valence-corrected chi connectivity index (χ0v) is 14.2. The minimum Gasteiger partial charge on any atom is -0.334 e. The molecule has 120 valence electrons. The van der Waals surface area contributed by atoms with Crippen LogP contribution in [-0.2, 0) is 12.1 Å². The van der Waals surface area contributed by atoms with Crippen LogP contribution in [0.2, 0.25) is 0 Å². The van der Waals surface area contributed by atoms with Crippen LogP contribution in [0.15, 0.2) is 59.5 Å². The van der Waals surface area contributed by atoms with Gasteiger partial charge in [0.05, 0.1) is 5.54 Å². The van der Waals surface area contributed by atoms with Crippen LogP contribution < -0.4 is 10.6 Å². The summed E-state index contributed by atoms with van der Waals surface area (Å²) in [4.78, 5) is 13.5. The summed E-state index contributed by atoms with van der Waals surface area (Å²) < 4.78 is 0. The van der Waals surface area contributed by atoms with Gasteiger partial charge in [-0.2, -0.15) is 0 Å². The van der Waals surface area contributed by atoms with E-state index in [0.29, 0.717) is 6.54 Å². The first kappa shape index (κ1) is 15.9. The molecule has 0 unspecified atom stereocenters. The quantitative estimate of drug-likeness (QED) is 0.805. The average molecular weight is 326 g/mol. The number of benzene rings is 2. The van der Waals surface area contributed by atoms with Crippen LogP contribution in [-0.4, -0.2) is 12.3 Å². The predicted octanol–water partition coefficient (Wildman–Crippen LogP) is 4.29. The number of hydrogen-bond acceptors (Lipinski definition) is 2. The molecular weight excluding hydrogens is 304 g/mol. The molecule has 0 radical (unpaired) electrons. The Morgan fingerprint density at radius 1 is 1.09 bits per heavy atom. The van der Waals surface area contributed by atoms with Crippen molar-refractivity contribution < 1.29 is 4.79 Å². The van der Waals surface area contributed by atoms with Gasteiger partial charge in [-0.05, 0) is 48.8 Å². The molecule has 2 amide bonds. The Morgan fingerprint density at radius 3 is 2.35 bits per heavy atom. The first-order chi connectivity index (χ1) is 11.2. The maximum Gasteiger partial charge on any atom is 0.315 e. The van der Waals surface area contributed by atoms with E-state index in [4.69, 9.17) is 0 Å². The molecule has 0 spiro atoms. The van der Waals surface area contributed by atoms with Gasteiger partial charge in [-0.3, -0.25) is 0 Å². The topological polar surface area (TPSA) is 41.1 Å². The molecule has 0 aliphatic heterocycles. The second kappa shape index (κ2) is 7.09. The average Bonchev–Trinajstić information content (AvgIpc) is 2.57. The van der Waals surface area contributed by atoms with Crippen LogP contribution in [0.5, 0.6) is 0 Å². The number of carbonyl (C=O) groups is 1. The molecule has 3 rings (SSSR count). The number of amides is 2. The summed E-state index contributed by atoms with van der Waals surface area (Å²) in [6.45, 7) is 0.547. The molecule has 2 aromatic carbocycles. The van der Waals surface area contributed by atoms with Gasteiger partial charge in [0.2, 0.25) is 0 Å². The largest absolute Gasteiger partial charge is 0.334 e. The third kappa shape index (κ3) is 3.70. The summed E-state index contributed by atoms with van der Waals surface area (Å²) in [7, 11) is 0. The van der Waals surface area contributed by atoms with Gasteiger partial charge in [0.1, 0.15) is 0 Å². The van der Waals surface area contributed by atoms with E-state index in [1.54, 1.807) is 11.8 Å². The number of nitrogens with one attached hydrogen (secondary N) is 2. The molecule has 3 nitrogen and oxygen atoms in total. The number of rotatable bonds is 5. The first-order valence-corrected chi connectivity index (χ1v) is 9.19. The first-order valence-electron chi connectivity index (χ1n) is 7.96. The fourth-order valence-electron chi connectivity index (χ4n) is 2.96. The highest BCUT2D eigenvalue weighted by atomic mass is 32.2. The van der Waals surface area contributed by atoms with E-state index in [-0.39, 0.29) is 11.6 Å². The summed E-state index contributed by atoms with van der Waals surface area (Å²) in [5, 5.41) is 6.16. The molecule has 0 bridgehead atoms. The molecule has 4 heteroatoms. The normalized spacial score (nSPS) is 15.5. The van der Waals surface area contributed by atoms with E-state index in [1.165, 1.54) is 10.5 Å². The lowest BCUT2D eigenvalue weighted by molar-refractivity contribution is 0.177. The third-order valence-corrected chi connectivity index (χ3v) is 5.24. The van der Waals surface area contributed by atoms with E-state index >= 15 is 0 Å². The molecule has 0 atom stereocenters. The molecule has 1 fully saturated rings. The number of thioether (sulfide) groups is 1. The van der Waals surface area contributed by atoms with Crippen molar-refractivity contribution in [1.82, 2.24) is 10.6 Å². The van der Waals surface area contributed by atoms with Crippen molar-refractivity contribution in [2.24, 2.45) is 0 Å². The Labute approximate surface area is 141 Å². The fourth-order valence-corrected chi connectivity index (χ4v) is 3.37. The Hall–Kier alpha value is -1.94. The SMILES string of the molecule is CSc1ccc(CNC(=O)NC2(c3ccccc3)CCC2)cc1. The second-order valence-electron chi connectivity index (χ2n) is 5.96. The maximum absolute atomic E-state index is 12.3. The van der Waals surface area contributed by atoms with Crippen molar-refractivity contribution >= 4 is 17.8 Å². The Kier molecular flexibility index (Phi) is 4.91. The Bertz CT molecular complexity index is 651. The molecule has 2 aromatic rings. The van der Waals surface area contributed by atoms with Crippen LogP contribution in [0.1, 0.15) is 30.4 Å². The Balaban J connectivity index is 1.58. The summed E-state index contributed by atoms with van der Waals surface area (Å²) in [5.41, 5.74) is 2.12. The van der Waals surface area contributed by atoms with Crippen molar-refractivity contribution in [3.63, 3.8) is 0 Å². The highest BCUT2D eigenvalue weighted by molar-refractivity contribution is 7.98. The van der Waals surface area contributed by atoms with Gasteiger partial charge >= 0.3 is 6.03 Å². The summed E-state index contributed by atoms with van der Waals surface area (Å²) in [6.07, 6.45) is 5.23. The third-order valence-electron chi connectivity index (χ3n) is 4.50. The van der Waals surface area contributed by atoms with Gasteiger partial charge in [0.15, 0.2) is 0 Å². The van der Waals surface area contributed by atoms with Crippen molar-refractivity contribution in [2.75, 3.05) is 6.26 Å². The number of urea groups is 1. The lowest BCUT2D eigenvalue weighted by Gasteiger charge is -2.43. The van der Waals surface area contributed by atoms with Crippen LogP contribution in [0.4, 0.5) is 4.79 Å². The molecule has 1 saturated carbocycles. The minimum atomic E-state index is -0.186. The van der Waals surface area contributed by atoms with Crippen molar-refractivity contribution in [2.45, 2.75) is 36.2 Å². The van der Waals surface area contributed by atoms with E-state index in [1.807, 2.05) is 18.2 Å². The minimum absolute atomic E-state index is 0.0949. The van der Waals surface area contributed by atoms with E-state index < -0.39 is 0 Å². The van der Waals surface area contributed by atoms with Gasteiger partial charge in [0, 0.05) is 11.4 Å². The van der Waals surface area contributed by atoms with E-state index in [0.717, 1.165) is 24.8 Å². The highest BCUT2D eigenvalue weighted by Gasteiger charge is 2.39. The van der Waals surface area contributed by atoms with Gasteiger partial charge in [-0.25, -0.2) is 4.79 Å². The van der Waals surface area contributed by atoms with Gasteiger partial charge in [-0.1, -0.05) is 42.5 Å². The van der Waals surface area contributed by atoms with Crippen LogP contribution >= 0.6 is 11.8 Å². The summed E-state index contributed by atoms with van der Waals surface area (Å²) in [5.74, 6) is 0. The predicted molar refractivity (Wildman–Crippen MR) is 95.6 cm³/mol. The monoisotopic (exact) mass is 326 g/mol. The summed E-state index contributed by atoms with van der Waals surface area (Å²) >= 11 is 1.72. The standard InChI is InChI=1S/C19H22N2OS/c1-23-17-10-8-15(9-11-17)14-20-18(22)21-19(12-5-13-19)16-6-3-2-4-7-16/h2-4,6-11H,5,12-14H2,1H3,(H2,20,21,22). The second-order valence-corrected chi connectivity index (χ2v) is 6.84. The van der Waals surface area contributed by atoms with Gasteiger partial charge in [0.25, 0.3) is 0 Å². The molecule has 23 heavy (non-hydrogen) atoms. The van der Waals surface area contributed by atoms with Crippen LogP contribution in [0.25, 0.3) is 0 Å². The molecule has 2 N–H and O–H groups in total. The number of hydrogen-bond donors (Lipinski definition) is 2. The van der Waals surface area contributed by atoms with Gasteiger partial charge in [-0.15, -0.1) is 11.8 Å². The maximum atomic E-state index is 12.3. The lowest BCUT2D eigenvalue weighted by Crippen LogP contribution is -2.53. The summed E-state index contributed by atoms with van der Waals surface area (Å²) in [6, 6.07) is 18.4. The highest BCUT2D eigenvalue weighted by Crippen LogP contribution is 2.41. The van der Waals surface area contributed by atoms with E-state index in [9.17, 15) is 4.79 Å². The van der Waals surface area contributed by atoms with E-state index in [2.05, 4.69) is 53.3 Å². The zero-order valence-electron chi connectivity index (χ0n) is 13.3.